The van der Waals surface area contributed by atoms with Crippen molar-refractivity contribution in [2.24, 2.45) is 0 Å². The number of ether oxygens (including phenoxy) is 1. The van der Waals surface area contributed by atoms with Crippen LogP contribution in [0.4, 0.5) is 9.18 Å². The number of alkyl carbamates (subject to hydrolysis) is 1. The molecular weight excluding hydrogens is 311 g/mol. The Morgan fingerprint density at radius 1 is 1.29 bits per heavy atom. The van der Waals surface area contributed by atoms with Crippen LogP contribution in [-0.2, 0) is 16.0 Å². The van der Waals surface area contributed by atoms with Gasteiger partial charge in [0.15, 0.2) is 0 Å². The van der Waals surface area contributed by atoms with E-state index in [0.717, 1.165) is 0 Å². The topological polar surface area (TPSA) is 58.6 Å². The van der Waals surface area contributed by atoms with Gasteiger partial charge in [-0.25, -0.2) is 9.18 Å². The van der Waals surface area contributed by atoms with Gasteiger partial charge in [0, 0.05) is 26.1 Å². The fourth-order valence-corrected chi connectivity index (χ4v) is 2.20. The SMILES string of the molecule is CC(CN(C)C(=O)CCc1ccccc1F)NC(=O)OC(C)(C)C. The summed E-state index contributed by atoms with van der Waals surface area (Å²) in [6.45, 7) is 7.51. The van der Waals surface area contributed by atoms with Crippen molar-refractivity contribution in [2.75, 3.05) is 13.6 Å². The van der Waals surface area contributed by atoms with E-state index >= 15 is 0 Å². The molecule has 0 saturated heterocycles. The average molecular weight is 338 g/mol. The summed E-state index contributed by atoms with van der Waals surface area (Å²) in [5.74, 6) is -0.399. The summed E-state index contributed by atoms with van der Waals surface area (Å²) < 4.78 is 18.7. The molecule has 1 unspecified atom stereocenters. The van der Waals surface area contributed by atoms with Crippen LogP contribution < -0.4 is 5.32 Å². The highest BCUT2D eigenvalue weighted by Gasteiger charge is 2.19. The van der Waals surface area contributed by atoms with E-state index in [1.54, 1.807) is 52.9 Å². The number of hydrogen-bond acceptors (Lipinski definition) is 3. The van der Waals surface area contributed by atoms with Crippen LogP contribution in [0.2, 0.25) is 0 Å². The molecule has 0 radical (unpaired) electrons. The van der Waals surface area contributed by atoms with Crippen molar-refractivity contribution < 1.29 is 18.7 Å². The van der Waals surface area contributed by atoms with Crippen LogP contribution in [0.3, 0.4) is 0 Å². The zero-order valence-corrected chi connectivity index (χ0v) is 15.1. The normalized spacial score (nSPS) is 12.4. The van der Waals surface area contributed by atoms with Crippen LogP contribution in [0.15, 0.2) is 24.3 Å². The van der Waals surface area contributed by atoms with Gasteiger partial charge in [-0.05, 0) is 45.7 Å². The van der Waals surface area contributed by atoms with Crippen molar-refractivity contribution >= 4 is 12.0 Å². The number of likely N-dealkylation sites (N-methyl/N-ethyl adjacent to an activating group) is 1. The lowest BCUT2D eigenvalue weighted by Gasteiger charge is -2.25. The molecular formula is C18H27FN2O3. The molecule has 0 aliphatic carbocycles. The van der Waals surface area contributed by atoms with Crippen molar-refractivity contribution in [3.05, 3.63) is 35.6 Å². The predicted molar refractivity (Wildman–Crippen MR) is 91.2 cm³/mol. The Balaban J connectivity index is 2.40. The van der Waals surface area contributed by atoms with Gasteiger partial charge < -0.3 is 15.0 Å². The molecule has 1 rings (SSSR count). The van der Waals surface area contributed by atoms with Crippen LogP contribution in [0.1, 0.15) is 39.7 Å². The number of rotatable bonds is 6. The number of benzene rings is 1. The minimum absolute atomic E-state index is 0.101. The minimum Gasteiger partial charge on any atom is -0.444 e. The largest absolute Gasteiger partial charge is 0.444 e. The first-order valence-electron chi connectivity index (χ1n) is 8.05. The average Bonchev–Trinajstić information content (AvgIpc) is 2.43. The molecule has 0 saturated carbocycles. The first-order valence-corrected chi connectivity index (χ1v) is 8.05. The van der Waals surface area contributed by atoms with Crippen LogP contribution in [0, 0.1) is 5.82 Å². The Kier molecular flexibility index (Phi) is 7.19. The van der Waals surface area contributed by atoms with E-state index in [2.05, 4.69) is 5.32 Å². The Hall–Kier alpha value is -2.11. The summed E-state index contributed by atoms with van der Waals surface area (Å²) in [6.07, 6.45) is 0.0579. The van der Waals surface area contributed by atoms with Gasteiger partial charge in [-0.1, -0.05) is 18.2 Å². The zero-order valence-electron chi connectivity index (χ0n) is 15.1. The monoisotopic (exact) mass is 338 g/mol. The number of nitrogens with zero attached hydrogens (tertiary/aromatic N) is 1. The van der Waals surface area contributed by atoms with E-state index < -0.39 is 11.7 Å². The highest BCUT2D eigenvalue weighted by atomic mass is 19.1. The fraction of sp³-hybridized carbons (Fsp3) is 0.556. The van der Waals surface area contributed by atoms with Gasteiger partial charge >= 0.3 is 6.09 Å². The lowest BCUT2D eigenvalue weighted by molar-refractivity contribution is -0.130. The number of halogens is 1. The number of amides is 2. The summed E-state index contributed by atoms with van der Waals surface area (Å²) in [4.78, 5) is 25.4. The van der Waals surface area contributed by atoms with Crippen molar-refractivity contribution in [1.29, 1.82) is 0 Å². The third-order valence-electron chi connectivity index (χ3n) is 3.30. The Labute approximate surface area is 143 Å². The molecule has 0 aromatic heterocycles. The minimum atomic E-state index is -0.564. The summed E-state index contributed by atoms with van der Waals surface area (Å²) >= 11 is 0. The first kappa shape index (κ1) is 19.9. The molecule has 0 aliphatic rings. The molecule has 6 heteroatoms. The van der Waals surface area contributed by atoms with Gasteiger partial charge in [0.1, 0.15) is 11.4 Å². The van der Waals surface area contributed by atoms with E-state index in [-0.39, 0.29) is 24.2 Å². The van der Waals surface area contributed by atoms with E-state index in [4.69, 9.17) is 4.74 Å². The van der Waals surface area contributed by atoms with Gasteiger partial charge in [-0.3, -0.25) is 4.79 Å². The Morgan fingerprint density at radius 3 is 2.50 bits per heavy atom. The highest BCUT2D eigenvalue weighted by molar-refractivity contribution is 5.76. The van der Waals surface area contributed by atoms with Crippen molar-refractivity contribution in [1.82, 2.24) is 10.2 Å². The van der Waals surface area contributed by atoms with E-state index in [9.17, 15) is 14.0 Å². The molecule has 0 spiro atoms. The summed E-state index contributed by atoms with van der Waals surface area (Å²) in [5, 5.41) is 2.69. The molecule has 1 aromatic rings. The maximum Gasteiger partial charge on any atom is 0.407 e. The van der Waals surface area contributed by atoms with Crippen LogP contribution >= 0.6 is 0 Å². The van der Waals surface area contributed by atoms with E-state index in [1.807, 2.05) is 0 Å². The highest BCUT2D eigenvalue weighted by Crippen LogP contribution is 2.10. The molecule has 24 heavy (non-hydrogen) atoms. The van der Waals surface area contributed by atoms with Gasteiger partial charge in [0.05, 0.1) is 0 Å². The molecule has 1 N–H and O–H groups in total. The molecule has 1 aromatic carbocycles. The Morgan fingerprint density at radius 2 is 1.92 bits per heavy atom. The number of carbonyl (C=O) groups excluding carboxylic acids is 2. The number of aryl methyl sites for hydroxylation is 1. The second-order valence-electron chi connectivity index (χ2n) is 6.91. The van der Waals surface area contributed by atoms with Crippen molar-refractivity contribution in [3.63, 3.8) is 0 Å². The lowest BCUT2D eigenvalue weighted by atomic mass is 10.1. The fourth-order valence-electron chi connectivity index (χ4n) is 2.20. The quantitative estimate of drug-likeness (QED) is 0.867. The predicted octanol–water partition coefficient (Wildman–Crippen LogP) is 3.13. The molecule has 0 heterocycles. The third kappa shape index (κ3) is 7.44. The zero-order chi connectivity index (χ0) is 18.3. The molecule has 0 fully saturated rings. The third-order valence-corrected chi connectivity index (χ3v) is 3.30. The van der Waals surface area contributed by atoms with Crippen LogP contribution in [-0.4, -0.2) is 42.1 Å². The van der Waals surface area contributed by atoms with Crippen molar-refractivity contribution in [3.8, 4) is 0 Å². The second kappa shape index (κ2) is 8.66. The maximum absolute atomic E-state index is 13.5. The smallest absolute Gasteiger partial charge is 0.407 e. The van der Waals surface area contributed by atoms with Crippen molar-refractivity contribution in [2.45, 2.75) is 52.2 Å². The van der Waals surface area contributed by atoms with E-state index in [0.29, 0.717) is 18.5 Å². The maximum atomic E-state index is 13.5. The number of nitrogens with one attached hydrogen (secondary N) is 1. The molecule has 1 atom stereocenters. The summed E-state index contributed by atoms with van der Waals surface area (Å²) in [7, 11) is 1.66. The standard InChI is InChI=1S/C18H27FN2O3/c1-13(20-17(23)24-18(2,3)4)12-21(5)16(22)11-10-14-8-6-7-9-15(14)19/h6-9,13H,10-12H2,1-5H3,(H,20,23). The van der Waals surface area contributed by atoms with Gasteiger partial charge in [-0.2, -0.15) is 0 Å². The lowest BCUT2D eigenvalue weighted by Crippen LogP contribution is -2.44. The van der Waals surface area contributed by atoms with Crippen LogP contribution in [0.25, 0.3) is 0 Å². The Bertz CT molecular complexity index is 570. The van der Waals surface area contributed by atoms with Gasteiger partial charge in [0.2, 0.25) is 5.91 Å². The number of hydrogen-bond donors (Lipinski definition) is 1. The molecule has 5 nitrogen and oxygen atoms in total. The van der Waals surface area contributed by atoms with Crippen LogP contribution in [0.5, 0.6) is 0 Å². The number of carbonyl (C=O) groups is 2. The van der Waals surface area contributed by atoms with Gasteiger partial charge in [-0.15, -0.1) is 0 Å². The van der Waals surface area contributed by atoms with E-state index in [1.165, 1.54) is 11.0 Å². The molecule has 2 amide bonds. The molecule has 0 bridgehead atoms. The second-order valence-corrected chi connectivity index (χ2v) is 6.91. The summed E-state index contributed by atoms with van der Waals surface area (Å²) in [6, 6.07) is 6.18. The molecule has 0 aliphatic heterocycles. The molecule has 134 valence electrons. The first-order chi connectivity index (χ1) is 11.1. The van der Waals surface area contributed by atoms with Gasteiger partial charge in [0.25, 0.3) is 0 Å². The summed E-state index contributed by atoms with van der Waals surface area (Å²) in [5.41, 5.74) is -0.0372.